The molecule has 96 valence electrons. The van der Waals surface area contributed by atoms with Crippen molar-refractivity contribution in [2.24, 2.45) is 0 Å². The second kappa shape index (κ2) is 6.54. The van der Waals surface area contributed by atoms with E-state index in [1.165, 1.54) is 19.3 Å². The molecule has 1 saturated heterocycles. The van der Waals surface area contributed by atoms with Crippen LogP contribution in [0.25, 0.3) is 0 Å². The van der Waals surface area contributed by atoms with Gasteiger partial charge in [-0.15, -0.1) is 0 Å². The monoisotopic (exact) mass is 250 g/mol. The number of nitrogens with zero attached hydrogens (tertiary/aromatic N) is 1. The molecule has 0 bridgehead atoms. The minimum absolute atomic E-state index is 0.0883. The van der Waals surface area contributed by atoms with Crippen LogP contribution in [0.3, 0.4) is 0 Å². The zero-order valence-electron chi connectivity index (χ0n) is 9.85. The number of likely N-dealkylation sites (tertiary alicyclic amines) is 1. The van der Waals surface area contributed by atoms with Gasteiger partial charge in [0.1, 0.15) is 0 Å². The molecule has 5 nitrogen and oxygen atoms in total. The average molecular weight is 250 g/mol. The molecular weight excluding hydrogens is 228 g/mol. The molecule has 2 N–H and O–H groups in total. The lowest BCUT2D eigenvalue weighted by atomic mass is 10.1. The maximum atomic E-state index is 11.4. The zero-order valence-corrected chi connectivity index (χ0v) is 10.7. The normalized spacial score (nSPS) is 20.9. The third-order valence-electron chi connectivity index (χ3n) is 2.72. The molecule has 6 heteroatoms. The van der Waals surface area contributed by atoms with E-state index < -0.39 is 10.0 Å². The van der Waals surface area contributed by atoms with Crippen LogP contribution in [0.5, 0.6) is 0 Å². The Kier molecular flexibility index (Phi) is 5.68. The van der Waals surface area contributed by atoms with E-state index in [9.17, 15) is 8.42 Å². The fourth-order valence-electron chi connectivity index (χ4n) is 2.05. The van der Waals surface area contributed by atoms with Crippen LogP contribution >= 0.6 is 0 Å². The van der Waals surface area contributed by atoms with Crippen LogP contribution in [-0.4, -0.2) is 56.5 Å². The maximum Gasteiger partial charge on any atom is 0.214 e. The van der Waals surface area contributed by atoms with E-state index in [1.807, 2.05) is 6.92 Å². The molecule has 0 spiro atoms. The molecule has 1 atom stereocenters. The maximum absolute atomic E-state index is 11.4. The van der Waals surface area contributed by atoms with Gasteiger partial charge in [0.05, 0.1) is 12.4 Å². The SMILES string of the molecule is CC(CN1CCCCC1)NS(=O)(=O)CCO. The van der Waals surface area contributed by atoms with E-state index in [-0.39, 0.29) is 18.4 Å². The molecule has 1 fully saturated rings. The molecule has 16 heavy (non-hydrogen) atoms. The second-order valence-electron chi connectivity index (χ2n) is 4.42. The van der Waals surface area contributed by atoms with Crippen LogP contribution in [0, 0.1) is 0 Å². The first-order valence-electron chi connectivity index (χ1n) is 5.87. The summed E-state index contributed by atoms with van der Waals surface area (Å²) in [6.45, 7) is 4.41. The summed E-state index contributed by atoms with van der Waals surface area (Å²) in [5.74, 6) is -0.211. The molecule has 1 rings (SSSR count). The number of piperidine rings is 1. The van der Waals surface area contributed by atoms with E-state index in [0.717, 1.165) is 19.6 Å². The van der Waals surface area contributed by atoms with Crippen molar-refractivity contribution >= 4 is 10.0 Å². The lowest BCUT2D eigenvalue weighted by Gasteiger charge is -2.29. The largest absolute Gasteiger partial charge is 0.395 e. The van der Waals surface area contributed by atoms with Gasteiger partial charge in [-0.25, -0.2) is 13.1 Å². The van der Waals surface area contributed by atoms with Crippen molar-refractivity contribution in [3.63, 3.8) is 0 Å². The molecule has 1 heterocycles. The fraction of sp³-hybridized carbons (Fsp3) is 1.00. The van der Waals surface area contributed by atoms with Crippen LogP contribution in [0.2, 0.25) is 0 Å². The third-order valence-corrected chi connectivity index (χ3v) is 4.20. The van der Waals surface area contributed by atoms with Gasteiger partial charge in [0.25, 0.3) is 0 Å². The molecular formula is C10H22N2O3S. The molecule has 0 aromatic rings. The Morgan fingerprint density at radius 2 is 1.94 bits per heavy atom. The first-order chi connectivity index (χ1) is 7.53. The summed E-state index contributed by atoms with van der Waals surface area (Å²) >= 11 is 0. The van der Waals surface area contributed by atoms with E-state index in [1.54, 1.807) is 0 Å². The molecule has 0 aromatic carbocycles. The number of nitrogens with one attached hydrogen (secondary N) is 1. The van der Waals surface area contributed by atoms with E-state index >= 15 is 0 Å². The second-order valence-corrected chi connectivity index (χ2v) is 6.30. The summed E-state index contributed by atoms with van der Waals surface area (Å²) in [5.41, 5.74) is 0. The van der Waals surface area contributed by atoms with Crippen LogP contribution in [0.1, 0.15) is 26.2 Å². The number of hydrogen-bond donors (Lipinski definition) is 2. The van der Waals surface area contributed by atoms with Crippen LogP contribution in [0.4, 0.5) is 0 Å². The first-order valence-corrected chi connectivity index (χ1v) is 7.52. The predicted molar refractivity (Wildman–Crippen MR) is 63.8 cm³/mol. The summed E-state index contributed by atoms with van der Waals surface area (Å²) in [4.78, 5) is 2.29. The van der Waals surface area contributed by atoms with Crippen LogP contribution < -0.4 is 4.72 Å². The summed E-state index contributed by atoms with van der Waals surface area (Å²) in [7, 11) is -3.31. The Hall–Kier alpha value is -0.170. The highest BCUT2D eigenvalue weighted by atomic mass is 32.2. The van der Waals surface area contributed by atoms with Gasteiger partial charge in [0.2, 0.25) is 10.0 Å². The number of sulfonamides is 1. The van der Waals surface area contributed by atoms with E-state index in [0.29, 0.717) is 0 Å². The highest BCUT2D eigenvalue weighted by molar-refractivity contribution is 7.89. The molecule has 1 aliphatic rings. The summed E-state index contributed by atoms with van der Waals surface area (Å²) in [6, 6.07) is -0.0883. The quantitative estimate of drug-likeness (QED) is 0.683. The van der Waals surface area contributed by atoms with Gasteiger partial charge in [-0.1, -0.05) is 6.42 Å². The fourth-order valence-corrected chi connectivity index (χ4v) is 3.10. The Bertz CT molecular complexity index is 286. The first kappa shape index (κ1) is 13.9. The van der Waals surface area contributed by atoms with Gasteiger partial charge in [0.15, 0.2) is 0 Å². The van der Waals surface area contributed by atoms with Gasteiger partial charge < -0.3 is 10.0 Å². The van der Waals surface area contributed by atoms with Crippen molar-refractivity contribution in [1.82, 2.24) is 9.62 Å². The number of hydrogen-bond acceptors (Lipinski definition) is 4. The predicted octanol–water partition coefficient (Wildman–Crippen LogP) is -0.227. The lowest BCUT2D eigenvalue weighted by molar-refractivity contribution is 0.215. The summed E-state index contributed by atoms with van der Waals surface area (Å²) < 4.78 is 25.4. The van der Waals surface area contributed by atoms with Gasteiger partial charge in [-0.3, -0.25) is 0 Å². The van der Waals surface area contributed by atoms with E-state index in [2.05, 4.69) is 9.62 Å². The Balaban J connectivity index is 2.31. The Labute approximate surface area is 97.9 Å². The van der Waals surface area contributed by atoms with Gasteiger partial charge in [0, 0.05) is 12.6 Å². The van der Waals surface area contributed by atoms with Crippen LogP contribution in [-0.2, 0) is 10.0 Å². The molecule has 1 unspecified atom stereocenters. The zero-order chi connectivity index (χ0) is 12.0. The topological polar surface area (TPSA) is 69.6 Å². The van der Waals surface area contributed by atoms with Gasteiger partial charge in [-0.2, -0.15) is 0 Å². The minimum Gasteiger partial charge on any atom is -0.395 e. The smallest absolute Gasteiger partial charge is 0.214 e. The standard InChI is InChI=1S/C10H22N2O3S/c1-10(11-16(14,15)8-7-13)9-12-5-3-2-4-6-12/h10-11,13H,2-9H2,1H3. The lowest BCUT2D eigenvalue weighted by Crippen LogP contribution is -2.44. The molecule has 0 saturated carbocycles. The molecule has 0 radical (unpaired) electrons. The van der Waals surface area contributed by atoms with Gasteiger partial charge in [-0.05, 0) is 32.9 Å². The van der Waals surface area contributed by atoms with Crippen molar-refractivity contribution in [3.8, 4) is 0 Å². The van der Waals surface area contributed by atoms with Crippen molar-refractivity contribution in [3.05, 3.63) is 0 Å². The number of aliphatic hydroxyl groups is 1. The number of rotatable bonds is 6. The van der Waals surface area contributed by atoms with Crippen molar-refractivity contribution in [2.75, 3.05) is 32.0 Å². The van der Waals surface area contributed by atoms with Crippen molar-refractivity contribution in [1.29, 1.82) is 0 Å². The highest BCUT2D eigenvalue weighted by Crippen LogP contribution is 2.08. The summed E-state index contributed by atoms with van der Waals surface area (Å²) in [5, 5.41) is 8.61. The molecule has 0 aromatic heterocycles. The van der Waals surface area contributed by atoms with Crippen molar-refractivity contribution in [2.45, 2.75) is 32.2 Å². The van der Waals surface area contributed by atoms with Crippen LogP contribution in [0.15, 0.2) is 0 Å². The minimum atomic E-state index is -3.31. The number of aliphatic hydroxyl groups excluding tert-OH is 1. The van der Waals surface area contributed by atoms with Gasteiger partial charge >= 0.3 is 0 Å². The molecule has 1 aliphatic heterocycles. The Morgan fingerprint density at radius 1 is 1.31 bits per heavy atom. The van der Waals surface area contributed by atoms with E-state index in [4.69, 9.17) is 5.11 Å². The third kappa shape index (κ3) is 5.25. The Morgan fingerprint density at radius 3 is 2.50 bits per heavy atom. The van der Waals surface area contributed by atoms with Crippen molar-refractivity contribution < 1.29 is 13.5 Å². The summed E-state index contributed by atoms with van der Waals surface area (Å²) in [6.07, 6.45) is 3.69. The highest BCUT2D eigenvalue weighted by Gasteiger charge is 2.17. The molecule has 0 amide bonds. The molecule has 0 aliphatic carbocycles. The average Bonchev–Trinajstić information content (AvgIpc) is 2.17.